The number of fused-ring (bicyclic) bond motifs is 1. The molecule has 1 aliphatic carbocycles. The Balaban J connectivity index is 0.000000980. The van der Waals surface area contributed by atoms with Crippen LogP contribution < -0.4 is 5.32 Å². The first kappa shape index (κ1) is 11.8. The van der Waals surface area contributed by atoms with E-state index >= 15 is 0 Å². The minimum Gasteiger partial charge on any atom is -0.307 e. The molecule has 1 nitrogen and oxygen atoms in total. The lowest BCUT2D eigenvalue weighted by atomic mass is 9.84. The molecule has 0 aromatic heterocycles. The average Bonchev–Trinajstić information content (AvgIpc) is 2.59. The Labute approximate surface area is 89.0 Å². The number of rotatable bonds is 2. The van der Waals surface area contributed by atoms with Gasteiger partial charge in [0, 0.05) is 12.1 Å². The smallest absolute Gasteiger partial charge is 0.0282 e. The Morgan fingerprint density at radius 2 is 2.07 bits per heavy atom. The van der Waals surface area contributed by atoms with Crippen molar-refractivity contribution in [2.75, 3.05) is 0 Å². The highest BCUT2D eigenvalue weighted by atomic mass is 15.0. The molecule has 2 unspecified atom stereocenters. The van der Waals surface area contributed by atoms with Gasteiger partial charge in [0.25, 0.3) is 0 Å². The SMILES string of the molecule is C.C=C(CC)C1C[C@@H]2CCCCC2N1. The van der Waals surface area contributed by atoms with Gasteiger partial charge in [-0.3, -0.25) is 0 Å². The van der Waals surface area contributed by atoms with Gasteiger partial charge in [-0.1, -0.05) is 39.3 Å². The molecule has 1 heteroatoms. The van der Waals surface area contributed by atoms with Crippen molar-refractivity contribution in [3.8, 4) is 0 Å². The van der Waals surface area contributed by atoms with Crippen LogP contribution in [-0.4, -0.2) is 12.1 Å². The number of hydrogen-bond donors (Lipinski definition) is 1. The van der Waals surface area contributed by atoms with Crippen molar-refractivity contribution in [3.05, 3.63) is 12.2 Å². The fraction of sp³-hybridized carbons (Fsp3) is 0.846. The first-order chi connectivity index (χ1) is 6.31. The van der Waals surface area contributed by atoms with Crippen molar-refractivity contribution >= 4 is 0 Å². The molecule has 1 N–H and O–H groups in total. The molecule has 0 spiro atoms. The van der Waals surface area contributed by atoms with Crippen LogP contribution in [0.1, 0.15) is 52.9 Å². The summed E-state index contributed by atoms with van der Waals surface area (Å²) < 4.78 is 0. The quantitative estimate of drug-likeness (QED) is 0.665. The first-order valence-corrected chi connectivity index (χ1v) is 5.75. The van der Waals surface area contributed by atoms with E-state index in [1.807, 2.05) is 0 Å². The highest BCUT2D eigenvalue weighted by molar-refractivity contribution is 5.10. The van der Waals surface area contributed by atoms with E-state index in [1.165, 1.54) is 37.7 Å². The molecule has 0 aromatic rings. The molecule has 1 saturated heterocycles. The van der Waals surface area contributed by atoms with Crippen molar-refractivity contribution in [1.82, 2.24) is 5.32 Å². The van der Waals surface area contributed by atoms with Crippen LogP contribution in [0.3, 0.4) is 0 Å². The van der Waals surface area contributed by atoms with Gasteiger partial charge < -0.3 is 5.32 Å². The van der Waals surface area contributed by atoms with Crippen molar-refractivity contribution in [1.29, 1.82) is 0 Å². The van der Waals surface area contributed by atoms with Crippen LogP contribution in [0.4, 0.5) is 0 Å². The fourth-order valence-corrected chi connectivity index (χ4v) is 2.87. The molecule has 1 heterocycles. The van der Waals surface area contributed by atoms with E-state index in [0.29, 0.717) is 6.04 Å². The average molecular weight is 195 g/mol. The molecule has 82 valence electrons. The summed E-state index contributed by atoms with van der Waals surface area (Å²) in [6.45, 7) is 6.36. The summed E-state index contributed by atoms with van der Waals surface area (Å²) in [6.07, 6.45) is 8.23. The second-order valence-electron chi connectivity index (χ2n) is 4.62. The number of hydrogen-bond acceptors (Lipinski definition) is 1. The molecule has 1 saturated carbocycles. The fourth-order valence-electron chi connectivity index (χ4n) is 2.87. The van der Waals surface area contributed by atoms with E-state index in [-0.39, 0.29) is 7.43 Å². The summed E-state index contributed by atoms with van der Waals surface area (Å²) in [4.78, 5) is 0. The Morgan fingerprint density at radius 3 is 2.71 bits per heavy atom. The lowest BCUT2D eigenvalue weighted by Crippen LogP contribution is -2.33. The third-order valence-electron chi connectivity index (χ3n) is 3.81. The van der Waals surface area contributed by atoms with Crippen LogP contribution in [0.15, 0.2) is 12.2 Å². The summed E-state index contributed by atoms with van der Waals surface area (Å²) in [5, 5.41) is 3.74. The van der Waals surface area contributed by atoms with E-state index < -0.39 is 0 Å². The summed E-state index contributed by atoms with van der Waals surface area (Å²) in [5.74, 6) is 0.960. The predicted molar refractivity (Wildman–Crippen MR) is 63.4 cm³/mol. The van der Waals surface area contributed by atoms with E-state index in [4.69, 9.17) is 0 Å². The lowest BCUT2D eigenvalue weighted by Gasteiger charge is -2.24. The molecule has 0 amide bonds. The van der Waals surface area contributed by atoms with Crippen LogP contribution in [0.25, 0.3) is 0 Å². The lowest BCUT2D eigenvalue weighted by molar-refractivity contribution is 0.326. The first-order valence-electron chi connectivity index (χ1n) is 5.75. The van der Waals surface area contributed by atoms with E-state index in [2.05, 4.69) is 18.8 Å². The zero-order valence-corrected chi connectivity index (χ0v) is 8.68. The van der Waals surface area contributed by atoms with Crippen molar-refractivity contribution in [2.45, 2.75) is 65.0 Å². The number of nitrogens with one attached hydrogen (secondary N) is 1. The Kier molecular flexibility index (Phi) is 4.18. The molecule has 0 radical (unpaired) electrons. The largest absolute Gasteiger partial charge is 0.307 e. The van der Waals surface area contributed by atoms with Gasteiger partial charge in [0.2, 0.25) is 0 Å². The minimum absolute atomic E-state index is 0. The topological polar surface area (TPSA) is 12.0 Å². The van der Waals surface area contributed by atoms with Gasteiger partial charge in [-0.2, -0.15) is 0 Å². The summed E-state index contributed by atoms with van der Waals surface area (Å²) in [6, 6.07) is 1.46. The molecule has 3 atom stereocenters. The maximum atomic E-state index is 4.15. The molecule has 2 fully saturated rings. The maximum Gasteiger partial charge on any atom is 0.0282 e. The molecule has 2 aliphatic rings. The highest BCUT2D eigenvalue weighted by Gasteiger charge is 2.35. The molecule has 2 rings (SSSR count). The van der Waals surface area contributed by atoms with E-state index in [9.17, 15) is 0 Å². The van der Waals surface area contributed by atoms with Crippen molar-refractivity contribution in [3.63, 3.8) is 0 Å². The molecule has 0 aromatic carbocycles. The van der Waals surface area contributed by atoms with E-state index in [1.54, 1.807) is 0 Å². The molecule has 1 aliphatic heterocycles. The van der Waals surface area contributed by atoms with Crippen molar-refractivity contribution in [2.24, 2.45) is 5.92 Å². The molecule has 14 heavy (non-hydrogen) atoms. The predicted octanol–water partition coefficient (Wildman–Crippen LogP) is 3.51. The van der Waals surface area contributed by atoms with E-state index in [0.717, 1.165) is 18.4 Å². The highest BCUT2D eigenvalue weighted by Crippen LogP contribution is 2.35. The van der Waals surface area contributed by atoms with Crippen LogP contribution in [-0.2, 0) is 0 Å². The van der Waals surface area contributed by atoms with Gasteiger partial charge in [-0.25, -0.2) is 0 Å². The third kappa shape index (κ3) is 2.20. The van der Waals surface area contributed by atoms with Gasteiger partial charge in [0.1, 0.15) is 0 Å². The second kappa shape index (κ2) is 4.97. The monoisotopic (exact) mass is 195 g/mol. The Bertz CT molecular complexity index is 183. The van der Waals surface area contributed by atoms with Crippen LogP contribution in [0, 0.1) is 5.92 Å². The van der Waals surface area contributed by atoms with Crippen LogP contribution in [0.5, 0.6) is 0 Å². The molecular weight excluding hydrogens is 170 g/mol. The minimum atomic E-state index is 0. The van der Waals surface area contributed by atoms with Gasteiger partial charge in [0.05, 0.1) is 0 Å². The van der Waals surface area contributed by atoms with Crippen molar-refractivity contribution < 1.29 is 0 Å². The Hall–Kier alpha value is -0.300. The second-order valence-corrected chi connectivity index (χ2v) is 4.62. The summed E-state index contributed by atoms with van der Waals surface area (Å²) in [7, 11) is 0. The standard InChI is InChI=1S/C12H21N.CH4/c1-3-9(2)12-8-10-6-4-5-7-11(10)13-12;/h10-13H,2-8H2,1H3;1H4/t10-,11?,12?;/m0./s1. The zero-order chi connectivity index (χ0) is 9.26. The van der Waals surface area contributed by atoms with Crippen LogP contribution >= 0.6 is 0 Å². The maximum absolute atomic E-state index is 4.15. The summed E-state index contributed by atoms with van der Waals surface area (Å²) >= 11 is 0. The Morgan fingerprint density at radius 1 is 1.36 bits per heavy atom. The zero-order valence-electron chi connectivity index (χ0n) is 8.68. The molecular formula is C13H25N. The molecule has 0 bridgehead atoms. The normalized spacial score (nSPS) is 35.9. The summed E-state index contributed by atoms with van der Waals surface area (Å²) in [5.41, 5.74) is 1.41. The van der Waals surface area contributed by atoms with Gasteiger partial charge in [-0.15, -0.1) is 0 Å². The third-order valence-corrected chi connectivity index (χ3v) is 3.81. The van der Waals surface area contributed by atoms with Gasteiger partial charge in [-0.05, 0) is 31.6 Å². The van der Waals surface area contributed by atoms with Gasteiger partial charge >= 0.3 is 0 Å². The van der Waals surface area contributed by atoms with Gasteiger partial charge in [0.15, 0.2) is 0 Å². The van der Waals surface area contributed by atoms with Crippen LogP contribution in [0.2, 0.25) is 0 Å².